The van der Waals surface area contributed by atoms with Crippen molar-refractivity contribution >= 4 is 59.0 Å². The Morgan fingerprint density at radius 3 is 1.61 bits per heavy atom. The first-order valence-corrected chi connectivity index (χ1v) is 42.9. The minimum Gasteiger partial charge on any atom is -0.497 e. The van der Waals surface area contributed by atoms with E-state index in [9.17, 15) is 23.6 Å². The lowest BCUT2D eigenvalue weighted by Gasteiger charge is -2.28. The van der Waals surface area contributed by atoms with Crippen LogP contribution in [0.25, 0.3) is 45.0 Å². The Bertz CT molecular complexity index is 5630. The van der Waals surface area contributed by atoms with Gasteiger partial charge < -0.3 is 45.2 Å². The summed E-state index contributed by atoms with van der Waals surface area (Å²) in [4.78, 5) is 98.7. The highest BCUT2D eigenvalue weighted by Crippen LogP contribution is 2.33. The first-order valence-electron chi connectivity index (χ1n) is 42.5. The number of piperidine rings is 1. The summed E-state index contributed by atoms with van der Waals surface area (Å²) >= 11 is 6.07. The number of benzene rings is 8. The van der Waals surface area contributed by atoms with Crippen molar-refractivity contribution in [1.29, 1.82) is 5.26 Å². The van der Waals surface area contributed by atoms with Gasteiger partial charge in [-0.3, -0.25) is 19.2 Å². The van der Waals surface area contributed by atoms with E-state index in [2.05, 4.69) is 79.8 Å². The van der Waals surface area contributed by atoms with Crippen LogP contribution in [0.5, 0.6) is 5.75 Å². The molecule has 646 valence electrons. The number of anilines is 4. The molecule has 12 aromatic rings. The third-order valence-electron chi connectivity index (χ3n) is 21.4. The van der Waals surface area contributed by atoms with Gasteiger partial charge in [-0.25, -0.2) is 44.3 Å². The number of methoxy groups -OCH3 is 1. The molecule has 8 aromatic carbocycles. The Hall–Kier alpha value is -13.3. The summed E-state index contributed by atoms with van der Waals surface area (Å²) in [5.74, 6) is 2.42. The van der Waals surface area contributed by atoms with E-state index in [4.69, 9.17) is 41.5 Å². The largest absolute Gasteiger partial charge is 0.497 e. The normalized spacial score (nSPS) is 12.2. The molecule has 3 N–H and O–H groups in total. The van der Waals surface area contributed by atoms with Gasteiger partial charge in [0, 0.05) is 142 Å². The predicted molar refractivity (Wildman–Crippen MR) is 499 cm³/mol. The number of nitrogens with zero attached hydrogens (tertiary/aromatic N) is 14. The molecular formula is C100H117ClFN17O5. The number of hydrogen-bond acceptors (Lipinski definition) is 18. The molecule has 2 fully saturated rings. The SMILES string of the molecule is CCN(C)C(=O)c1cnc(NCCc2ccc(OC)cc2)nc1-c1cccc(C)c1.CCN(Cc1cccc(C)c1)C(=O)c1cnc(NC2CCCC2)nc1-c1ccc(C#N)cc1.CCN(Cc1ccccc1)C(=O)c1cnc(N2CCCCC2)nc1-c1ccccc1F.Cc1cccc(-c2nc(NCc3cccc(Cl)c3)ncc2C(=O)N(C)CC(C)C)c1.[HH].[HH].[HH]. The summed E-state index contributed by atoms with van der Waals surface area (Å²) in [5, 5.41) is 19.8. The molecule has 24 heteroatoms. The lowest BCUT2D eigenvalue weighted by Crippen LogP contribution is -2.33. The molecule has 22 nitrogen and oxygen atoms in total. The van der Waals surface area contributed by atoms with Crippen LogP contribution in [0.1, 0.15) is 170 Å². The number of halogens is 2. The van der Waals surface area contributed by atoms with Gasteiger partial charge in [-0.05, 0) is 169 Å². The Kier molecular flexibility index (Phi) is 33.6. The van der Waals surface area contributed by atoms with Crippen molar-refractivity contribution in [1.82, 2.24) is 59.5 Å². The third-order valence-corrected chi connectivity index (χ3v) is 21.6. The average Bonchev–Trinajstić information content (AvgIpc) is 1.06. The second-order valence-electron chi connectivity index (χ2n) is 31.4. The van der Waals surface area contributed by atoms with Crippen LogP contribution in [0.15, 0.2) is 225 Å². The number of nitriles is 1. The second kappa shape index (κ2) is 45.5. The van der Waals surface area contributed by atoms with E-state index in [-0.39, 0.29) is 27.9 Å². The second-order valence-corrected chi connectivity index (χ2v) is 31.8. The van der Waals surface area contributed by atoms with E-state index >= 15 is 0 Å². The zero-order valence-corrected chi connectivity index (χ0v) is 73.6. The molecule has 2 aliphatic rings. The maximum absolute atomic E-state index is 14.7. The van der Waals surface area contributed by atoms with Gasteiger partial charge in [0.25, 0.3) is 23.6 Å². The van der Waals surface area contributed by atoms with Crippen LogP contribution in [0.2, 0.25) is 5.02 Å². The van der Waals surface area contributed by atoms with Crippen molar-refractivity contribution in [3.63, 3.8) is 0 Å². The molecule has 4 amide bonds. The van der Waals surface area contributed by atoms with Gasteiger partial charge in [0.1, 0.15) is 11.6 Å². The van der Waals surface area contributed by atoms with Crippen LogP contribution < -0.4 is 25.6 Å². The summed E-state index contributed by atoms with van der Waals surface area (Å²) < 4.78 is 19.9. The highest BCUT2D eigenvalue weighted by atomic mass is 35.5. The molecule has 5 heterocycles. The highest BCUT2D eigenvalue weighted by molar-refractivity contribution is 6.30. The molecule has 124 heavy (non-hydrogen) atoms. The van der Waals surface area contributed by atoms with E-state index in [1.807, 2.05) is 198 Å². The smallest absolute Gasteiger partial charge is 0.257 e. The first-order chi connectivity index (χ1) is 60.1. The maximum atomic E-state index is 14.7. The number of carbonyl (C=O) groups excluding carboxylic acids is 4. The van der Waals surface area contributed by atoms with Gasteiger partial charge in [-0.2, -0.15) is 5.26 Å². The fraction of sp³-hybridized carbons (Fsp3) is 0.310. The third kappa shape index (κ3) is 25.6. The Morgan fingerprint density at radius 1 is 0.524 bits per heavy atom. The van der Waals surface area contributed by atoms with E-state index in [0.29, 0.717) is 149 Å². The van der Waals surface area contributed by atoms with Crippen LogP contribution in [-0.2, 0) is 26.1 Å². The molecule has 1 aliphatic carbocycles. The minimum atomic E-state index is -0.397. The molecule has 1 saturated carbocycles. The van der Waals surface area contributed by atoms with Crippen LogP contribution in [0.3, 0.4) is 0 Å². The summed E-state index contributed by atoms with van der Waals surface area (Å²) in [6.45, 7) is 22.5. The topological polar surface area (TPSA) is 257 Å². The van der Waals surface area contributed by atoms with Gasteiger partial charge in [0.05, 0.1) is 63.8 Å². The van der Waals surface area contributed by atoms with E-state index in [0.717, 1.165) is 95.5 Å². The average molecular weight is 1690 g/mol. The molecule has 0 atom stereocenters. The quantitative estimate of drug-likeness (QED) is 0.0412. The summed E-state index contributed by atoms with van der Waals surface area (Å²) in [7, 11) is 5.25. The molecule has 0 radical (unpaired) electrons. The highest BCUT2D eigenvalue weighted by Gasteiger charge is 2.28. The molecule has 0 bridgehead atoms. The van der Waals surface area contributed by atoms with Crippen LogP contribution >= 0.6 is 11.6 Å². The number of ether oxygens (including phenoxy) is 1. The number of hydrogen-bond donors (Lipinski definition) is 3. The Balaban J connectivity index is 0.000000208. The number of rotatable bonds is 28. The van der Waals surface area contributed by atoms with Gasteiger partial charge >= 0.3 is 0 Å². The lowest BCUT2D eigenvalue weighted by atomic mass is 10.0. The Labute approximate surface area is 737 Å². The van der Waals surface area contributed by atoms with Crippen LogP contribution in [0, 0.1) is 43.8 Å². The monoisotopic (exact) mass is 1690 g/mol. The van der Waals surface area contributed by atoms with Gasteiger partial charge in [0.15, 0.2) is 0 Å². The van der Waals surface area contributed by atoms with E-state index < -0.39 is 5.82 Å². The van der Waals surface area contributed by atoms with Gasteiger partial charge in [0.2, 0.25) is 23.8 Å². The summed E-state index contributed by atoms with van der Waals surface area (Å²) in [5.41, 5.74) is 15.2. The van der Waals surface area contributed by atoms with E-state index in [1.165, 1.54) is 36.5 Å². The molecule has 1 saturated heterocycles. The van der Waals surface area contributed by atoms with Crippen molar-refractivity contribution in [3.8, 4) is 56.8 Å². The summed E-state index contributed by atoms with van der Waals surface area (Å²) in [6, 6.07) is 65.8. The van der Waals surface area contributed by atoms with Gasteiger partial charge in [-0.1, -0.05) is 195 Å². The zero-order valence-electron chi connectivity index (χ0n) is 72.8. The fourth-order valence-electron chi connectivity index (χ4n) is 14.6. The van der Waals surface area contributed by atoms with Crippen molar-refractivity contribution in [2.24, 2.45) is 5.92 Å². The molecule has 4 aromatic heterocycles. The molecule has 0 unspecified atom stereocenters. The van der Waals surface area contributed by atoms with Crippen LogP contribution in [-0.4, -0.2) is 156 Å². The first kappa shape index (κ1) is 91.4. The fourth-order valence-corrected chi connectivity index (χ4v) is 14.9. The number of aromatic nitrogens is 8. The van der Waals surface area contributed by atoms with E-state index in [1.54, 1.807) is 84.0 Å². The number of aryl methyl sites for hydroxylation is 3. The molecule has 1 aliphatic heterocycles. The Morgan fingerprint density at radius 2 is 1.04 bits per heavy atom. The molecular weight excluding hydrogens is 1570 g/mol. The molecule has 0 spiro atoms. The molecule has 14 rings (SSSR count). The zero-order chi connectivity index (χ0) is 88.0. The predicted octanol–water partition coefficient (Wildman–Crippen LogP) is 20.7. The van der Waals surface area contributed by atoms with Crippen LogP contribution in [0.4, 0.5) is 28.2 Å². The van der Waals surface area contributed by atoms with Crippen molar-refractivity contribution in [2.45, 2.75) is 132 Å². The van der Waals surface area contributed by atoms with Gasteiger partial charge in [-0.15, -0.1) is 0 Å². The standard InChI is InChI=1S/C27H29N5O.C25H27FN4O.C24H27ClN4O.C24H28N4O2.3H2/c1-3-32(18-21-8-6-7-19(2)15-21)26(33)24-17-29-27(30-23-9-4-5-10-23)31-25(24)22-13-11-20(16-28)12-14-22;1-2-29(18-19-11-5-3-6-12-19)24(31)21-17-27-25(30-15-9-4-10-16-30)28-23(21)20-13-7-8-14-22(20)26;1-16(2)15-29(4)23(30)21-14-27-24(26-13-18-8-6-10-20(25)12-18)28-22(21)19-9-5-7-17(3)11-19;1-5-28(3)23(29)21-16-26-24(27-22(21)19-8-6-7-17(2)15-19)25-14-13-18-9-11-20(30-4)12-10-18;;;/h6-8,11-15,17,23H,3-5,9-10,18H2,1-2H3,(H,29,30,31);3,5-8,11-14,17H,2,4,9-10,15-16,18H2,1H3;5-12,14,16H,13,15H2,1-4H3,(H,26,27,28);6-12,15-16H,5,13-14H2,1-4H3,(H,25,26,27);3*1H. The summed E-state index contributed by atoms with van der Waals surface area (Å²) in [6.07, 6.45) is 15.3. The maximum Gasteiger partial charge on any atom is 0.257 e. The van der Waals surface area contributed by atoms with Crippen molar-refractivity contribution < 1.29 is 32.6 Å². The van der Waals surface area contributed by atoms with Crippen molar-refractivity contribution in [3.05, 3.63) is 303 Å². The number of carbonyl (C=O) groups is 4. The number of nitrogens with one attached hydrogen (secondary N) is 3. The van der Waals surface area contributed by atoms with Crippen molar-refractivity contribution in [2.75, 3.05) is 87.9 Å². The lowest BCUT2D eigenvalue weighted by molar-refractivity contribution is 0.0745. The number of amides is 4. The minimum absolute atomic E-state index is 0.